The minimum atomic E-state index is -0.465. The number of methoxy groups -OCH3 is 1. The van der Waals surface area contributed by atoms with Gasteiger partial charge in [-0.1, -0.05) is 18.2 Å². The maximum Gasteiger partial charge on any atom is 0.275 e. The van der Waals surface area contributed by atoms with Gasteiger partial charge < -0.3 is 10.1 Å². The summed E-state index contributed by atoms with van der Waals surface area (Å²) in [4.78, 5) is 35.4. The van der Waals surface area contributed by atoms with Gasteiger partial charge in [-0.2, -0.15) is 0 Å². The molecule has 1 aliphatic rings. The van der Waals surface area contributed by atoms with Crippen molar-refractivity contribution in [1.29, 1.82) is 0 Å². The third-order valence-electron chi connectivity index (χ3n) is 4.99. The number of nitrogens with zero attached hydrogens (tertiary/aromatic N) is 2. The van der Waals surface area contributed by atoms with E-state index in [4.69, 9.17) is 14.7 Å². The summed E-state index contributed by atoms with van der Waals surface area (Å²) in [7, 11) is 1.63. The van der Waals surface area contributed by atoms with Crippen LogP contribution >= 0.6 is 35.1 Å². The lowest BCUT2D eigenvalue weighted by atomic mass is 10.1. The van der Waals surface area contributed by atoms with Gasteiger partial charge in [0.15, 0.2) is 5.82 Å². The van der Waals surface area contributed by atoms with Crippen molar-refractivity contribution >= 4 is 62.9 Å². The Bertz CT molecular complexity index is 1360. The van der Waals surface area contributed by atoms with Gasteiger partial charge in [-0.15, -0.1) is 35.1 Å². The van der Waals surface area contributed by atoms with Crippen LogP contribution in [-0.2, 0) is 9.59 Å². The molecular formula is C22H17ClN4O3S2. The van der Waals surface area contributed by atoms with Crippen molar-refractivity contribution in [1.82, 2.24) is 15.3 Å². The fourth-order valence-corrected chi connectivity index (χ4v) is 4.95. The largest absolute Gasteiger partial charge is 0.497 e. The molecule has 2 amide bonds. The van der Waals surface area contributed by atoms with Crippen LogP contribution in [0.2, 0.25) is 0 Å². The van der Waals surface area contributed by atoms with Crippen LogP contribution in [0.5, 0.6) is 5.75 Å². The lowest BCUT2D eigenvalue weighted by Gasteiger charge is -2.11. The van der Waals surface area contributed by atoms with Gasteiger partial charge in [0, 0.05) is 16.5 Å². The molecule has 4 heterocycles. The number of anilines is 1. The van der Waals surface area contributed by atoms with Crippen LogP contribution in [-0.4, -0.2) is 28.9 Å². The molecular weight excluding hydrogens is 468 g/mol. The van der Waals surface area contributed by atoms with Gasteiger partial charge in [-0.25, -0.2) is 9.97 Å². The van der Waals surface area contributed by atoms with E-state index in [2.05, 4.69) is 10.6 Å². The highest BCUT2D eigenvalue weighted by atomic mass is 35.5. The molecule has 1 aliphatic heterocycles. The van der Waals surface area contributed by atoms with E-state index in [0.717, 1.165) is 32.0 Å². The maximum atomic E-state index is 12.3. The maximum absolute atomic E-state index is 12.3. The Morgan fingerprint density at radius 2 is 1.81 bits per heavy atom. The van der Waals surface area contributed by atoms with Gasteiger partial charge in [-0.05, 0) is 36.1 Å². The van der Waals surface area contributed by atoms with Crippen molar-refractivity contribution in [2.45, 2.75) is 6.92 Å². The van der Waals surface area contributed by atoms with E-state index in [9.17, 15) is 9.59 Å². The van der Waals surface area contributed by atoms with E-state index in [-0.39, 0.29) is 18.1 Å². The van der Waals surface area contributed by atoms with Crippen molar-refractivity contribution < 1.29 is 14.3 Å². The van der Waals surface area contributed by atoms with E-state index >= 15 is 0 Å². The second kappa shape index (κ2) is 8.70. The smallest absolute Gasteiger partial charge is 0.275 e. The first-order valence-corrected chi connectivity index (χ1v) is 11.1. The quantitative estimate of drug-likeness (QED) is 0.393. The highest BCUT2D eigenvalue weighted by Crippen LogP contribution is 2.39. The van der Waals surface area contributed by atoms with Crippen LogP contribution < -0.4 is 15.4 Å². The number of hydrogen-bond acceptors (Lipinski definition) is 8. The first-order valence-electron chi connectivity index (χ1n) is 9.36. The van der Waals surface area contributed by atoms with Crippen LogP contribution in [0.25, 0.3) is 32.0 Å². The molecule has 0 atom stereocenters. The summed E-state index contributed by atoms with van der Waals surface area (Å²) in [6, 6.07) is 11.6. The van der Waals surface area contributed by atoms with E-state index in [1.54, 1.807) is 14.0 Å². The number of carbonyl (C=O) groups is 2. The molecule has 0 saturated heterocycles. The standard InChI is InChI=1S/C22H16N4O3S2.ClH/c1-11-17(21(28)26-20(11)27)23-19-16-14(12-5-7-13(29-2)8-6-12)10-31-22(16)25-18(24-19)15-4-3-9-30-15;/h3-10H,1-2H3,(H2,23,24,25,26,27,28);1H. The van der Waals surface area contributed by atoms with Gasteiger partial charge in [0.05, 0.1) is 17.4 Å². The fourth-order valence-electron chi connectivity index (χ4n) is 3.34. The van der Waals surface area contributed by atoms with Crippen molar-refractivity contribution in [2.24, 2.45) is 0 Å². The Morgan fingerprint density at radius 1 is 1.03 bits per heavy atom. The highest BCUT2D eigenvalue weighted by molar-refractivity contribution is 7.17. The number of carbonyl (C=O) groups excluding carboxylic acids is 2. The van der Waals surface area contributed by atoms with Crippen molar-refractivity contribution in [3.63, 3.8) is 0 Å². The van der Waals surface area contributed by atoms with E-state index in [1.165, 1.54) is 22.7 Å². The van der Waals surface area contributed by atoms with Gasteiger partial charge in [0.25, 0.3) is 11.8 Å². The molecule has 0 aliphatic carbocycles. The summed E-state index contributed by atoms with van der Waals surface area (Å²) in [5.41, 5.74) is 2.44. The summed E-state index contributed by atoms with van der Waals surface area (Å²) in [5, 5.41) is 10.2. The highest BCUT2D eigenvalue weighted by Gasteiger charge is 2.28. The lowest BCUT2D eigenvalue weighted by molar-refractivity contribution is -0.124. The molecule has 0 radical (unpaired) electrons. The Morgan fingerprint density at radius 3 is 2.44 bits per heavy atom. The number of thiophene rings is 2. The van der Waals surface area contributed by atoms with Crippen LogP contribution in [0.1, 0.15) is 6.92 Å². The summed E-state index contributed by atoms with van der Waals surface area (Å²) < 4.78 is 5.26. The molecule has 0 unspecified atom stereocenters. The molecule has 1 aromatic carbocycles. The zero-order valence-electron chi connectivity index (χ0n) is 17.0. The van der Waals surface area contributed by atoms with E-state index in [0.29, 0.717) is 17.2 Å². The Kier molecular flexibility index (Phi) is 5.96. The Hall–Kier alpha value is -3.27. The predicted octanol–water partition coefficient (Wildman–Crippen LogP) is 4.86. The number of nitrogens with one attached hydrogen (secondary N) is 2. The molecule has 0 fully saturated rings. The van der Waals surface area contributed by atoms with Gasteiger partial charge in [-0.3, -0.25) is 14.9 Å². The molecule has 4 aromatic rings. The lowest BCUT2D eigenvalue weighted by Crippen LogP contribution is -2.24. The van der Waals surface area contributed by atoms with Crippen molar-refractivity contribution in [2.75, 3.05) is 12.4 Å². The third kappa shape index (κ3) is 3.75. The van der Waals surface area contributed by atoms with Crippen LogP contribution in [0.15, 0.2) is 58.4 Å². The first-order chi connectivity index (χ1) is 15.0. The fraction of sp³-hybridized carbons (Fsp3) is 0.0909. The number of imide groups is 1. The van der Waals surface area contributed by atoms with Crippen molar-refractivity contribution in [3.8, 4) is 27.6 Å². The van der Waals surface area contributed by atoms with Gasteiger partial charge in [0.1, 0.15) is 22.1 Å². The number of rotatable bonds is 5. The molecule has 2 N–H and O–H groups in total. The number of benzene rings is 1. The minimum absolute atomic E-state index is 0. The van der Waals surface area contributed by atoms with Gasteiger partial charge >= 0.3 is 0 Å². The molecule has 5 rings (SSSR count). The Labute approximate surface area is 197 Å². The zero-order valence-corrected chi connectivity index (χ0v) is 19.4. The second-order valence-corrected chi connectivity index (χ2v) is 8.65. The molecule has 0 saturated carbocycles. The molecule has 7 nitrogen and oxygen atoms in total. The van der Waals surface area contributed by atoms with Crippen molar-refractivity contribution in [3.05, 3.63) is 58.4 Å². The van der Waals surface area contributed by atoms with Crippen LogP contribution in [0.4, 0.5) is 5.82 Å². The molecule has 162 valence electrons. The number of aromatic nitrogens is 2. The third-order valence-corrected chi connectivity index (χ3v) is 6.73. The summed E-state index contributed by atoms with van der Waals surface area (Å²) in [6.45, 7) is 1.61. The average molecular weight is 485 g/mol. The molecule has 3 aromatic heterocycles. The monoisotopic (exact) mass is 484 g/mol. The number of hydrogen-bond donors (Lipinski definition) is 2. The second-order valence-electron chi connectivity index (χ2n) is 6.84. The van der Waals surface area contributed by atoms with E-state index < -0.39 is 11.8 Å². The Balaban J connectivity index is 0.00000245. The zero-order chi connectivity index (χ0) is 21.5. The average Bonchev–Trinajstić information content (AvgIpc) is 3.51. The number of amides is 2. The first kappa shape index (κ1) is 21.9. The topological polar surface area (TPSA) is 93.2 Å². The number of fused-ring (bicyclic) bond motifs is 1. The van der Waals surface area contributed by atoms with Gasteiger partial charge in [0.2, 0.25) is 0 Å². The normalized spacial score (nSPS) is 13.3. The number of halogens is 1. The summed E-state index contributed by atoms with van der Waals surface area (Å²) in [5.74, 6) is 0.945. The molecule has 0 bridgehead atoms. The molecule has 32 heavy (non-hydrogen) atoms. The van der Waals surface area contributed by atoms with E-state index in [1.807, 2.05) is 47.2 Å². The minimum Gasteiger partial charge on any atom is -0.497 e. The predicted molar refractivity (Wildman–Crippen MR) is 129 cm³/mol. The molecule has 0 spiro atoms. The SMILES string of the molecule is COc1ccc(-c2csc3nc(-c4cccs4)nc(NC4=C(C)C(=O)NC4=O)c23)cc1.Cl. The van der Waals surface area contributed by atoms with Crippen LogP contribution in [0.3, 0.4) is 0 Å². The molecule has 10 heteroatoms. The van der Waals surface area contributed by atoms with Crippen LogP contribution in [0, 0.1) is 0 Å². The number of ether oxygens (including phenoxy) is 1. The summed E-state index contributed by atoms with van der Waals surface area (Å²) >= 11 is 3.04. The summed E-state index contributed by atoms with van der Waals surface area (Å²) in [6.07, 6.45) is 0.